The van der Waals surface area contributed by atoms with Crippen molar-refractivity contribution in [1.82, 2.24) is 10.2 Å². The van der Waals surface area contributed by atoms with Crippen molar-refractivity contribution >= 4 is 5.97 Å². The minimum absolute atomic E-state index is 0.142. The Hall–Kier alpha value is -0.610. The first-order valence-electron chi connectivity index (χ1n) is 6.14. The summed E-state index contributed by atoms with van der Waals surface area (Å²) in [5, 5.41) is 3.41. The van der Waals surface area contributed by atoms with Crippen LogP contribution in [0.15, 0.2) is 0 Å². The fourth-order valence-electron chi connectivity index (χ4n) is 2.14. The van der Waals surface area contributed by atoms with Gasteiger partial charge in [-0.3, -0.25) is 4.79 Å². The van der Waals surface area contributed by atoms with Crippen molar-refractivity contribution in [3.8, 4) is 0 Å². The van der Waals surface area contributed by atoms with Gasteiger partial charge in [-0.15, -0.1) is 0 Å². The van der Waals surface area contributed by atoms with Crippen molar-refractivity contribution < 1.29 is 9.53 Å². The van der Waals surface area contributed by atoms with E-state index in [-0.39, 0.29) is 12.0 Å². The lowest BCUT2D eigenvalue weighted by atomic mass is 10.0. The maximum atomic E-state index is 11.1. The zero-order valence-corrected chi connectivity index (χ0v) is 10.7. The van der Waals surface area contributed by atoms with Crippen molar-refractivity contribution in [2.45, 2.75) is 44.7 Å². The zero-order valence-electron chi connectivity index (χ0n) is 10.7. The molecule has 0 aromatic rings. The Labute approximate surface area is 98.3 Å². The van der Waals surface area contributed by atoms with Crippen LogP contribution in [0.4, 0.5) is 0 Å². The lowest BCUT2D eigenvalue weighted by Crippen LogP contribution is -2.45. The van der Waals surface area contributed by atoms with Gasteiger partial charge in [-0.2, -0.15) is 0 Å². The van der Waals surface area contributed by atoms with Gasteiger partial charge in [-0.25, -0.2) is 0 Å². The van der Waals surface area contributed by atoms with E-state index in [1.807, 2.05) is 6.92 Å². The molecule has 1 saturated heterocycles. The monoisotopic (exact) mass is 228 g/mol. The number of piperidine rings is 1. The van der Waals surface area contributed by atoms with Crippen LogP contribution in [0.2, 0.25) is 0 Å². The maximum absolute atomic E-state index is 11.1. The average molecular weight is 228 g/mol. The molecule has 1 fully saturated rings. The number of ether oxygens (including phenoxy) is 1. The molecule has 0 saturated carbocycles. The lowest BCUT2D eigenvalue weighted by Gasteiger charge is -2.33. The molecule has 1 heterocycles. The minimum Gasteiger partial charge on any atom is -0.469 e. The lowest BCUT2D eigenvalue weighted by molar-refractivity contribution is -0.141. The van der Waals surface area contributed by atoms with Gasteiger partial charge < -0.3 is 15.0 Å². The Balaban J connectivity index is 2.19. The van der Waals surface area contributed by atoms with E-state index in [2.05, 4.69) is 22.0 Å². The summed E-state index contributed by atoms with van der Waals surface area (Å²) in [4.78, 5) is 13.5. The number of rotatable bonds is 5. The van der Waals surface area contributed by atoms with Crippen LogP contribution in [0.3, 0.4) is 0 Å². The van der Waals surface area contributed by atoms with E-state index in [9.17, 15) is 4.79 Å². The molecule has 1 aliphatic rings. The smallest absolute Gasteiger partial charge is 0.307 e. The Morgan fingerprint density at radius 1 is 1.56 bits per heavy atom. The van der Waals surface area contributed by atoms with Crippen molar-refractivity contribution in [2.24, 2.45) is 0 Å². The molecule has 0 amide bonds. The first kappa shape index (κ1) is 13.5. The number of nitrogens with zero attached hydrogens (tertiary/aromatic N) is 1. The van der Waals surface area contributed by atoms with Gasteiger partial charge >= 0.3 is 5.97 Å². The van der Waals surface area contributed by atoms with Crippen LogP contribution in [0.5, 0.6) is 0 Å². The summed E-state index contributed by atoms with van der Waals surface area (Å²) in [6.07, 6.45) is 4.34. The highest BCUT2D eigenvalue weighted by molar-refractivity contribution is 5.69. The number of hydrogen-bond acceptors (Lipinski definition) is 4. The predicted molar refractivity (Wildman–Crippen MR) is 64.4 cm³/mol. The summed E-state index contributed by atoms with van der Waals surface area (Å²) < 4.78 is 4.64. The molecule has 0 bridgehead atoms. The number of nitrogens with one attached hydrogen (secondary N) is 1. The predicted octanol–water partition coefficient (Wildman–Crippen LogP) is 1.01. The first-order chi connectivity index (χ1) is 7.63. The summed E-state index contributed by atoms with van der Waals surface area (Å²) in [5.74, 6) is -0.142. The summed E-state index contributed by atoms with van der Waals surface area (Å²) in [5.41, 5.74) is 0. The van der Waals surface area contributed by atoms with Crippen LogP contribution in [-0.4, -0.2) is 50.2 Å². The maximum Gasteiger partial charge on any atom is 0.307 e. The van der Waals surface area contributed by atoms with Gasteiger partial charge in [0.2, 0.25) is 0 Å². The first-order valence-corrected chi connectivity index (χ1v) is 6.14. The van der Waals surface area contributed by atoms with Gasteiger partial charge in [-0.1, -0.05) is 6.42 Å². The molecule has 1 N–H and O–H groups in total. The normalized spacial score (nSPS) is 24.1. The van der Waals surface area contributed by atoms with Crippen LogP contribution in [0, 0.1) is 0 Å². The molecule has 0 aliphatic carbocycles. The second-order valence-electron chi connectivity index (χ2n) is 4.72. The molecule has 4 heteroatoms. The van der Waals surface area contributed by atoms with Crippen LogP contribution in [0.1, 0.15) is 32.6 Å². The molecule has 4 nitrogen and oxygen atoms in total. The van der Waals surface area contributed by atoms with E-state index in [4.69, 9.17) is 0 Å². The van der Waals surface area contributed by atoms with E-state index >= 15 is 0 Å². The third-order valence-corrected chi connectivity index (χ3v) is 3.32. The topological polar surface area (TPSA) is 41.6 Å². The summed E-state index contributed by atoms with van der Waals surface area (Å²) >= 11 is 0. The minimum atomic E-state index is -0.142. The fraction of sp³-hybridized carbons (Fsp3) is 0.917. The van der Waals surface area contributed by atoms with Gasteiger partial charge in [0.25, 0.3) is 0 Å². The zero-order chi connectivity index (χ0) is 12.0. The number of carbonyl (C=O) groups excluding carboxylic acids is 1. The molecular formula is C12H24N2O2. The van der Waals surface area contributed by atoms with Gasteiger partial charge in [0.15, 0.2) is 0 Å². The fourth-order valence-corrected chi connectivity index (χ4v) is 2.14. The van der Waals surface area contributed by atoms with Crippen molar-refractivity contribution in [1.29, 1.82) is 0 Å². The number of likely N-dealkylation sites (tertiary alicyclic amines) is 1. The van der Waals surface area contributed by atoms with Gasteiger partial charge in [0, 0.05) is 18.6 Å². The summed E-state index contributed by atoms with van der Waals surface area (Å²) in [6.45, 7) is 4.19. The quantitative estimate of drug-likeness (QED) is 0.713. The molecule has 0 radical (unpaired) electrons. The van der Waals surface area contributed by atoms with Crippen LogP contribution < -0.4 is 5.32 Å². The number of hydrogen-bond donors (Lipinski definition) is 1. The highest BCUT2D eigenvalue weighted by atomic mass is 16.5. The third-order valence-electron chi connectivity index (χ3n) is 3.32. The highest BCUT2D eigenvalue weighted by Gasteiger charge is 2.19. The van der Waals surface area contributed by atoms with Crippen LogP contribution >= 0.6 is 0 Å². The second kappa shape index (κ2) is 6.86. The van der Waals surface area contributed by atoms with E-state index in [1.165, 1.54) is 32.9 Å². The SMILES string of the molecule is COC(=O)CC(C)NCC1CCCCN1C. The molecule has 2 unspecified atom stereocenters. The number of carbonyl (C=O) groups is 1. The highest BCUT2D eigenvalue weighted by Crippen LogP contribution is 2.14. The Morgan fingerprint density at radius 2 is 2.31 bits per heavy atom. The number of likely N-dealkylation sites (N-methyl/N-ethyl adjacent to an activating group) is 1. The molecule has 0 spiro atoms. The summed E-state index contributed by atoms with van der Waals surface area (Å²) in [7, 11) is 3.61. The number of methoxy groups -OCH3 is 1. The Kier molecular flexibility index (Phi) is 5.77. The number of esters is 1. The third kappa shape index (κ3) is 4.49. The summed E-state index contributed by atoms with van der Waals surface area (Å²) in [6, 6.07) is 0.816. The van der Waals surface area contributed by atoms with Crippen molar-refractivity contribution in [3.05, 3.63) is 0 Å². The second-order valence-corrected chi connectivity index (χ2v) is 4.72. The van der Waals surface area contributed by atoms with Crippen LogP contribution in [0.25, 0.3) is 0 Å². The van der Waals surface area contributed by atoms with Gasteiger partial charge in [0.1, 0.15) is 0 Å². The van der Waals surface area contributed by atoms with Gasteiger partial charge in [-0.05, 0) is 33.4 Å². The molecule has 0 aromatic carbocycles. The molecule has 2 atom stereocenters. The van der Waals surface area contributed by atoms with Gasteiger partial charge in [0.05, 0.1) is 13.5 Å². The largest absolute Gasteiger partial charge is 0.469 e. The van der Waals surface area contributed by atoms with E-state index < -0.39 is 0 Å². The molecule has 1 rings (SSSR count). The molecule has 0 aromatic heterocycles. The molecule has 16 heavy (non-hydrogen) atoms. The van der Waals surface area contributed by atoms with E-state index in [0.29, 0.717) is 12.5 Å². The Morgan fingerprint density at radius 3 is 2.94 bits per heavy atom. The average Bonchev–Trinajstić information content (AvgIpc) is 2.28. The standard InChI is InChI=1S/C12H24N2O2/c1-10(8-12(15)16-3)13-9-11-6-4-5-7-14(11)2/h10-11,13H,4-9H2,1-3H3. The molecular weight excluding hydrogens is 204 g/mol. The Bertz CT molecular complexity index is 221. The van der Waals surface area contributed by atoms with Crippen molar-refractivity contribution in [2.75, 3.05) is 27.2 Å². The van der Waals surface area contributed by atoms with E-state index in [0.717, 1.165) is 6.54 Å². The van der Waals surface area contributed by atoms with Crippen molar-refractivity contribution in [3.63, 3.8) is 0 Å². The van der Waals surface area contributed by atoms with E-state index in [1.54, 1.807) is 0 Å². The molecule has 94 valence electrons. The molecule has 1 aliphatic heterocycles. The van der Waals surface area contributed by atoms with Crippen LogP contribution in [-0.2, 0) is 9.53 Å².